The van der Waals surface area contributed by atoms with Crippen LogP contribution in [0.3, 0.4) is 0 Å². The minimum Gasteiger partial charge on any atom is -0.490 e. The van der Waals surface area contributed by atoms with Crippen LogP contribution in [0.15, 0.2) is 18.5 Å². The highest BCUT2D eigenvalue weighted by Gasteiger charge is 2.26. The number of benzene rings is 1. The van der Waals surface area contributed by atoms with Crippen LogP contribution >= 0.6 is 0 Å². The first-order chi connectivity index (χ1) is 19.1. The van der Waals surface area contributed by atoms with E-state index in [1.165, 1.54) is 38.1 Å². The predicted octanol–water partition coefficient (Wildman–Crippen LogP) is 8.27. The molecule has 5 nitrogen and oxygen atoms in total. The number of unbranched alkanes of at least 4 members (excludes halogenated alkanes) is 6. The number of aromatic nitrogens is 2. The SMILES string of the molecule is CCCCCOCCCCCC1CCc2cc(-c3ncc(OCCCOCCCCC)cn3)c(F)c(F)c2C1. The lowest BCUT2D eigenvalue weighted by Crippen LogP contribution is -2.17. The van der Waals surface area contributed by atoms with Gasteiger partial charge in [0.25, 0.3) is 0 Å². The van der Waals surface area contributed by atoms with Gasteiger partial charge < -0.3 is 14.2 Å². The first-order valence-electron chi connectivity index (χ1n) is 15.2. The van der Waals surface area contributed by atoms with E-state index in [1.807, 2.05) is 0 Å². The molecule has 1 unspecified atom stereocenters. The normalized spacial score (nSPS) is 14.9. The monoisotopic (exact) mass is 546 g/mol. The third kappa shape index (κ3) is 10.8. The summed E-state index contributed by atoms with van der Waals surface area (Å²) in [4.78, 5) is 8.53. The predicted molar refractivity (Wildman–Crippen MR) is 152 cm³/mol. The maximum atomic E-state index is 15.2. The van der Waals surface area contributed by atoms with Gasteiger partial charge in [-0.15, -0.1) is 0 Å². The van der Waals surface area contributed by atoms with Gasteiger partial charge in [-0.3, -0.25) is 0 Å². The molecule has 218 valence electrons. The van der Waals surface area contributed by atoms with E-state index in [2.05, 4.69) is 23.8 Å². The van der Waals surface area contributed by atoms with Gasteiger partial charge in [-0.2, -0.15) is 0 Å². The number of hydrogen-bond acceptors (Lipinski definition) is 5. The summed E-state index contributed by atoms with van der Waals surface area (Å²) in [6.45, 7) is 7.97. The first kappa shape index (κ1) is 31.4. The fourth-order valence-electron chi connectivity index (χ4n) is 5.13. The summed E-state index contributed by atoms with van der Waals surface area (Å²) in [7, 11) is 0. The van der Waals surface area contributed by atoms with Crippen molar-refractivity contribution in [2.45, 2.75) is 104 Å². The molecule has 0 aliphatic heterocycles. The molecule has 3 rings (SSSR count). The highest BCUT2D eigenvalue weighted by molar-refractivity contribution is 5.59. The smallest absolute Gasteiger partial charge is 0.170 e. The molecule has 1 aromatic heterocycles. The van der Waals surface area contributed by atoms with Crippen molar-refractivity contribution in [2.75, 3.05) is 33.0 Å². The number of rotatable bonds is 20. The molecule has 1 aliphatic rings. The van der Waals surface area contributed by atoms with Gasteiger partial charge in [-0.1, -0.05) is 58.8 Å². The van der Waals surface area contributed by atoms with E-state index in [-0.39, 0.29) is 11.4 Å². The standard InChI is InChI=1S/C32H48F2N2O3/c1-3-5-9-16-37-18-11-7-8-13-25-14-15-26-22-29(31(34)30(33)28(26)21-25)32-35-23-27(24-36-32)39-20-12-19-38-17-10-6-4-2/h22-25H,3-21H2,1-2H3. The first-order valence-corrected chi connectivity index (χ1v) is 15.2. The molecule has 0 bridgehead atoms. The zero-order valence-corrected chi connectivity index (χ0v) is 24.1. The van der Waals surface area contributed by atoms with Crippen LogP contribution in [0.4, 0.5) is 8.78 Å². The van der Waals surface area contributed by atoms with Crippen LogP contribution in [0.25, 0.3) is 11.4 Å². The topological polar surface area (TPSA) is 53.5 Å². The van der Waals surface area contributed by atoms with E-state index in [4.69, 9.17) is 14.2 Å². The van der Waals surface area contributed by atoms with Crippen molar-refractivity contribution in [1.29, 1.82) is 0 Å². The average Bonchev–Trinajstić information content (AvgIpc) is 2.96. The van der Waals surface area contributed by atoms with Crippen LogP contribution < -0.4 is 4.74 Å². The lowest BCUT2D eigenvalue weighted by atomic mass is 9.80. The van der Waals surface area contributed by atoms with Crippen molar-refractivity contribution in [3.05, 3.63) is 41.2 Å². The molecule has 0 N–H and O–H groups in total. The van der Waals surface area contributed by atoms with E-state index >= 15 is 8.78 Å². The summed E-state index contributed by atoms with van der Waals surface area (Å²) in [6.07, 6.45) is 17.6. The fourth-order valence-corrected chi connectivity index (χ4v) is 5.13. The Hall–Kier alpha value is -2.12. The molecule has 0 saturated heterocycles. The number of hydrogen-bond donors (Lipinski definition) is 0. The number of aryl methyl sites for hydroxylation is 1. The van der Waals surface area contributed by atoms with Gasteiger partial charge in [0.15, 0.2) is 23.2 Å². The molecule has 1 heterocycles. The second-order valence-electron chi connectivity index (χ2n) is 10.7. The summed E-state index contributed by atoms with van der Waals surface area (Å²) < 4.78 is 47.2. The maximum Gasteiger partial charge on any atom is 0.170 e. The molecule has 39 heavy (non-hydrogen) atoms. The Kier molecular flexibility index (Phi) is 14.7. The van der Waals surface area contributed by atoms with Crippen LogP contribution in [0.5, 0.6) is 5.75 Å². The molecular weight excluding hydrogens is 498 g/mol. The van der Waals surface area contributed by atoms with Crippen LogP contribution in [-0.2, 0) is 22.3 Å². The minimum absolute atomic E-state index is 0.121. The molecule has 0 radical (unpaired) electrons. The van der Waals surface area contributed by atoms with E-state index in [0.29, 0.717) is 36.9 Å². The van der Waals surface area contributed by atoms with Gasteiger partial charge in [0, 0.05) is 32.8 Å². The molecule has 1 aromatic carbocycles. The number of halogens is 2. The van der Waals surface area contributed by atoms with Crippen molar-refractivity contribution < 1.29 is 23.0 Å². The Bertz CT molecular complexity index is 955. The zero-order valence-electron chi connectivity index (χ0n) is 24.1. The summed E-state index contributed by atoms with van der Waals surface area (Å²) in [6, 6.07) is 1.74. The van der Waals surface area contributed by atoms with Crippen molar-refractivity contribution in [3.63, 3.8) is 0 Å². The highest BCUT2D eigenvalue weighted by atomic mass is 19.2. The number of fused-ring (bicyclic) bond motifs is 1. The van der Waals surface area contributed by atoms with Gasteiger partial charge in [0.2, 0.25) is 0 Å². The van der Waals surface area contributed by atoms with Crippen molar-refractivity contribution >= 4 is 0 Å². The average molecular weight is 547 g/mol. The van der Waals surface area contributed by atoms with Crippen LogP contribution in [-0.4, -0.2) is 43.0 Å². The molecule has 7 heteroatoms. The molecule has 2 aromatic rings. The Morgan fingerprint density at radius 1 is 0.769 bits per heavy atom. The second-order valence-corrected chi connectivity index (χ2v) is 10.7. The Balaban J connectivity index is 1.43. The molecule has 0 saturated carbocycles. The molecule has 0 fully saturated rings. The maximum absolute atomic E-state index is 15.2. The van der Waals surface area contributed by atoms with E-state index in [1.54, 1.807) is 6.07 Å². The summed E-state index contributed by atoms with van der Waals surface area (Å²) in [5.74, 6) is -0.509. The highest BCUT2D eigenvalue weighted by Crippen LogP contribution is 2.35. The summed E-state index contributed by atoms with van der Waals surface area (Å²) in [5, 5.41) is 0. The van der Waals surface area contributed by atoms with E-state index in [9.17, 15) is 0 Å². The molecule has 0 spiro atoms. The Morgan fingerprint density at radius 3 is 2.08 bits per heavy atom. The van der Waals surface area contributed by atoms with Gasteiger partial charge in [-0.05, 0) is 61.6 Å². The van der Waals surface area contributed by atoms with Crippen molar-refractivity contribution in [3.8, 4) is 17.1 Å². The number of nitrogens with zero attached hydrogens (tertiary/aromatic N) is 2. The lowest BCUT2D eigenvalue weighted by molar-refractivity contribution is 0.116. The van der Waals surface area contributed by atoms with Gasteiger partial charge >= 0.3 is 0 Å². The summed E-state index contributed by atoms with van der Waals surface area (Å²) in [5.41, 5.74) is 1.53. The summed E-state index contributed by atoms with van der Waals surface area (Å²) >= 11 is 0. The van der Waals surface area contributed by atoms with Gasteiger partial charge in [-0.25, -0.2) is 18.7 Å². The Morgan fingerprint density at radius 2 is 1.41 bits per heavy atom. The second kappa shape index (κ2) is 18.3. The van der Waals surface area contributed by atoms with E-state index < -0.39 is 11.6 Å². The lowest BCUT2D eigenvalue weighted by Gasteiger charge is -2.26. The van der Waals surface area contributed by atoms with Crippen LogP contribution in [0, 0.1) is 17.6 Å². The zero-order chi connectivity index (χ0) is 27.7. The van der Waals surface area contributed by atoms with Crippen LogP contribution in [0.2, 0.25) is 0 Å². The van der Waals surface area contributed by atoms with Crippen molar-refractivity contribution in [2.24, 2.45) is 5.92 Å². The van der Waals surface area contributed by atoms with Crippen LogP contribution in [0.1, 0.15) is 102 Å². The fraction of sp³-hybridized carbons (Fsp3) is 0.688. The van der Waals surface area contributed by atoms with Gasteiger partial charge in [0.05, 0.1) is 24.6 Å². The minimum atomic E-state index is -0.858. The molecule has 1 atom stereocenters. The Labute approximate surface area is 234 Å². The third-order valence-electron chi connectivity index (χ3n) is 7.47. The molecular formula is C32H48F2N2O3. The largest absolute Gasteiger partial charge is 0.490 e. The van der Waals surface area contributed by atoms with Gasteiger partial charge in [0.1, 0.15) is 0 Å². The molecule has 1 aliphatic carbocycles. The number of ether oxygens (including phenoxy) is 3. The third-order valence-corrected chi connectivity index (χ3v) is 7.47. The van der Waals surface area contributed by atoms with E-state index in [0.717, 1.165) is 83.2 Å². The van der Waals surface area contributed by atoms with Crippen molar-refractivity contribution in [1.82, 2.24) is 9.97 Å². The quantitative estimate of drug-likeness (QED) is 0.156. The molecule has 0 amide bonds.